The van der Waals surface area contributed by atoms with Gasteiger partial charge in [0.15, 0.2) is 0 Å². The van der Waals surface area contributed by atoms with Crippen LogP contribution in [-0.4, -0.2) is 24.5 Å². The molecule has 0 saturated carbocycles. The molecule has 21 heavy (non-hydrogen) atoms. The van der Waals surface area contributed by atoms with E-state index in [9.17, 15) is 13.2 Å². The second kappa shape index (κ2) is 6.00. The molecule has 0 aliphatic heterocycles. The highest BCUT2D eigenvalue weighted by Crippen LogP contribution is 2.24. The molecule has 0 amide bonds. The number of aromatic amines is 1. The van der Waals surface area contributed by atoms with E-state index in [2.05, 4.69) is 25.6 Å². The molecule has 0 fully saturated rings. The first-order chi connectivity index (χ1) is 9.81. The van der Waals surface area contributed by atoms with Crippen LogP contribution in [0, 0.1) is 0 Å². The molecule has 2 rings (SSSR count). The summed E-state index contributed by atoms with van der Waals surface area (Å²) < 4.78 is 27.8. The first-order valence-electron chi connectivity index (χ1n) is 6.00. The van der Waals surface area contributed by atoms with Crippen molar-refractivity contribution in [2.45, 2.75) is 17.9 Å². The maximum Gasteiger partial charge on any atom is 0.352 e. The average Bonchev–Trinajstić information content (AvgIpc) is 2.89. The van der Waals surface area contributed by atoms with Gasteiger partial charge in [0.05, 0.1) is 0 Å². The summed E-state index contributed by atoms with van der Waals surface area (Å²) in [6.45, 7) is 1.71. The highest BCUT2D eigenvalue weighted by Gasteiger charge is 2.22. The topological polar surface area (TPSA) is 99.3 Å². The lowest BCUT2D eigenvalue weighted by Crippen LogP contribution is -2.26. The summed E-state index contributed by atoms with van der Waals surface area (Å²) in [5.74, 6) is -1.21. The van der Waals surface area contributed by atoms with Crippen LogP contribution < -0.4 is 4.72 Å². The highest BCUT2D eigenvalue weighted by molar-refractivity contribution is 9.10. The molecule has 0 aliphatic rings. The van der Waals surface area contributed by atoms with E-state index in [0.717, 1.165) is 22.3 Å². The van der Waals surface area contributed by atoms with Crippen LogP contribution in [0.5, 0.6) is 0 Å². The van der Waals surface area contributed by atoms with Gasteiger partial charge in [0.25, 0.3) is 0 Å². The van der Waals surface area contributed by atoms with Crippen LogP contribution in [0.4, 0.5) is 0 Å². The minimum atomic E-state index is -3.80. The van der Waals surface area contributed by atoms with Crippen molar-refractivity contribution < 1.29 is 18.3 Å². The number of nitrogens with one attached hydrogen (secondary N) is 2. The zero-order valence-electron chi connectivity index (χ0n) is 11.0. The Kier molecular flexibility index (Phi) is 4.50. The number of hydrogen-bond acceptors (Lipinski definition) is 3. The number of hydrogen-bond donors (Lipinski definition) is 3. The van der Waals surface area contributed by atoms with Crippen molar-refractivity contribution in [3.63, 3.8) is 0 Å². The number of aromatic nitrogens is 1. The Morgan fingerprint density at radius 1 is 1.38 bits per heavy atom. The summed E-state index contributed by atoms with van der Waals surface area (Å²) in [5.41, 5.74) is 0.610. The third-order valence-electron chi connectivity index (χ3n) is 2.90. The van der Waals surface area contributed by atoms with Gasteiger partial charge >= 0.3 is 5.97 Å². The second-order valence-corrected chi connectivity index (χ2v) is 6.99. The summed E-state index contributed by atoms with van der Waals surface area (Å²) in [6.07, 6.45) is 1.15. The Hall–Kier alpha value is -1.64. The number of benzene rings is 1. The Morgan fingerprint density at radius 3 is 2.62 bits per heavy atom. The smallest absolute Gasteiger partial charge is 0.352 e. The van der Waals surface area contributed by atoms with Crippen molar-refractivity contribution in [2.75, 3.05) is 0 Å². The highest BCUT2D eigenvalue weighted by atomic mass is 79.9. The molecular weight excluding hydrogens is 360 g/mol. The minimum Gasteiger partial charge on any atom is -0.477 e. The predicted octanol–water partition coefficient (Wildman–Crippen LogP) is 2.51. The van der Waals surface area contributed by atoms with E-state index in [0.29, 0.717) is 0 Å². The van der Waals surface area contributed by atoms with Gasteiger partial charge in [0.2, 0.25) is 10.0 Å². The van der Waals surface area contributed by atoms with Gasteiger partial charge in [-0.1, -0.05) is 34.1 Å². The fraction of sp³-hybridized carbons (Fsp3) is 0.154. The maximum absolute atomic E-state index is 12.2. The normalized spacial score (nSPS) is 13.0. The van der Waals surface area contributed by atoms with Gasteiger partial charge in [-0.05, 0) is 24.6 Å². The van der Waals surface area contributed by atoms with E-state index in [1.54, 1.807) is 13.0 Å². The Labute approximate surface area is 130 Å². The molecule has 0 spiro atoms. The standard InChI is InChI=1S/C13H13BrN2O4S/c1-8(10-4-2-3-5-11(10)14)16-21(19,20)9-6-12(13(17)18)15-7-9/h2-8,15-16H,1H3,(H,17,18)/t8-/m0/s1. The fourth-order valence-electron chi connectivity index (χ4n) is 1.84. The number of carboxylic acid groups (broad SMARTS) is 1. The molecule has 0 bridgehead atoms. The fourth-order valence-corrected chi connectivity index (χ4v) is 3.69. The molecule has 0 saturated heterocycles. The van der Waals surface area contributed by atoms with E-state index < -0.39 is 22.0 Å². The molecule has 0 radical (unpaired) electrons. The van der Waals surface area contributed by atoms with E-state index in [4.69, 9.17) is 5.11 Å². The molecule has 6 nitrogen and oxygen atoms in total. The molecule has 8 heteroatoms. The third-order valence-corrected chi connectivity index (χ3v) is 5.14. The van der Waals surface area contributed by atoms with Crippen LogP contribution in [0.3, 0.4) is 0 Å². The number of H-pyrrole nitrogens is 1. The SMILES string of the molecule is C[C@H](NS(=O)(=O)c1c[nH]c(C(=O)O)c1)c1ccccc1Br. The van der Waals surface area contributed by atoms with Crippen LogP contribution in [0.1, 0.15) is 29.0 Å². The van der Waals surface area contributed by atoms with Crippen molar-refractivity contribution in [1.29, 1.82) is 0 Å². The number of carboxylic acids is 1. The molecule has 112 valence electrons. The minimum absolute atomic E-state index is 0.112. The average molecular weight is 373 g/mol. The summed E-state index contributed by atoms with van der Waals surface area (Å²) >= 11 is 3.37. The van der Waals surface area contributed by atoms with Crippen molar-refractivity contribution in [2.24, 2.45) is 0 Å². The largest absolute Gasteiger partial charge is 0.477 e. The zero-order chi connectivity index (χ0) is 15.6. The first-order valence-corrected chi connectivity index (χ1v) is 8.27. The van der Waals surface area contributed by atoms with Gasteiger partial charge in [0.1, 0.15) is 10.6 Å². The van der Waals surface area contributed by atoms with Gasteiger partial charge < -0.3 is 10.1 Å². The van der Waals surface area contributed by atoms with E-state index >= 15 is 0 Å². The van der Waals surface area contributed by atoms with Gasteiger partial charge in [-0.2, -0.15) is 0 Å². The molecule has 2 aromatic rings. The lowest BCUT2D eigenvalue weighted by Gasteiger charge is -2.15. The molecule has 0 aliphatic carbocycles. The summed E-state index contributed by atoms with van der Waals surface area (Å²) in [5, 5.41) is 8.81. The molecule has 3 N–H and O–H groups in total. The van der Waals surface area contributed by atoms with Crippen LogP contribution in [0.15, 0.2) is 45.9 Å². The monoisotopic (exact) mass is 372 g/mol. The van der Waals surface area contributed by atoms with E-state index in [-0.39, 0.29) is 10.6 Å². The number of carbonyl (C=O) groups is 1. The van der Waals surface area contributed by atoms with Crippen molar-refractivity contribution >= 4 is 31.9 Å². The summed E-state index contributed by atoms with van der Waals surface area (Å²) in [4.78, 5) is 13.1. The molecular formula is C13H13BrN2O4S. The van der Waals surface area contributed by atoms with Gasteiger partial charge in [0, 0.05) is 16.7 Å². The Morgan fingerprint density at radius 2 is 2.05 bits per heavy atom. The number of aromatic carboxylic acids is 1. The Bertz CT molecular complexity index is 770. The third kappa shape index (κ3) is 3.52. The first kappa shape index (κ1) is 15.7. The van der Waals surface area contributed by atoms with Crippen LogP contribution in [0.2, 0.25) is 0 Å². The lowest BCUT2D eigenvalue weighted by molar-refractivity contribution is 0.0691. The number of rotatable bonds is 5. The lowest BCUT2D eigenvalue weighted by atomic mass is 10.1. The van der Waals surface area contributed by atoms with Gasteiger partial charge in [-0.25, -0.2) is 17.9 Å². The van der Waals surface area contributed by atoms with Crippen molar-refractivity contribution in [3.8, 4) is 0 Å². The summed E-state index contributed by atoms with van der Waals surface area (Å²) in [6, 6.07) is 7.88. The zero-order valence-corrected chi connectivity index (χ0v) is 13.4. The molecule has 0 unspecified atom stereocenters. The molecule has 1 heterocycles. The van der Waals surface area contributed by atoms with Crippen LogP contribution >= 0.6 is 15.9 Å². The van der Waals surface area contributed by atoms with Gasteiger partial charge in [-0.3, -0.25) is 0 Å². The maximum atomic E-state index is 12.2. The number of sulfonamides is 1. The predicted molar refractivity (Wildman–Crippen MR) is 80.6 cm³/mol. The molecule has 1 aromatic heterocycles. The molecule has 1 atom stereocenters. The van der Waals surface area contributed by atoms with Crippen LogP contribution in [0.25, 0.3) is 0 Å². The van der Waals surface area contributed by atoms with E-state index in [1.165, 1.54) is 0 Å². The van der Waals surface area contributed by atoms with Gasteiger partial charge in [-0.15, -0.1) is 0 Å². The Balaban J connectivity index is 2.24. The van der Waals surface area contributed by atoms with Crippen LogP contribution in [-0.2, 0) is 10.0 Å². The summed E-state index contributed by atoms with van der Waals surface area (Å²) in [7, 11) is -3.80. The van der Waals surface area contributed by atoms with E-state index in [1.807, 2.05) is 18.2 Å². The quantitative estimate of drug-likeness (QED) is 0.750. The second-order valence-electron chi connectivity index (χ2n) is 4.42. The molecule has 1 aromatic carbocycles. The van der Waals surface area contributed by atoms with Crippen molar-refractivity contribution in [3.05, 3.63) is 52.3 Å². The number of halogens is 1. The van der Waals surface area contributed by atoms with Crippen molar-refractivity contribution in [1.82, 2.24) is 9.71 Å².